The fourth-order valence-corrected chi connectivity index (χ4v) is 1.63. The van der Waals surface area contributed by atoms with Gasteiger partial charge in [-0.05, 0) is 29.3 Å². The molecule has 0 unspecified atom stereocenters. The molecule has 0 aliphatic rings. The predicted molar refractivity (Wildman–Crippen MR) is 66.7 cm³/mol. The maximum atomic E-state index is 10.7. The Morgan fingerprint density at radius 2 is 1.81 bits per heavy atom. The summed E-state index contributed by atoms with van der Waals surface area (Å²) in [6.07, 6.45) is 0.822. The zero-order valence-electron chi connectivity index (χ0n) is 8.48. The number of aldehydes is 1. The van der Waals surface area contributed by atoms with Crippen molar-refractivity contribution in [3.05, 3.63) is 53.1 Å². The van der Waals surface area contributed by atoms with E-state index in [0.717, 1.165) is 17.4 Å². The fraction of sp³-hybridized carbons (Fsp3) is 0. The van der Waals surface area contributed by atoms with Gasteiger partial charge < -0.3 is 5.73 Å². The summed E-state index contributed by atoms with van der Waals surface area (Å²) < 4.78 is 0. The number of nitrogen functional groups attached to an aromatic ring is 1. The normalized spacial score (nSPS) is 10.1. The average molecular weight is 232 g/mol. The van der Waals surface area contributed by atoms with Crippen molar-refractivity contribution in [3.63, 3.8) is 0 Å². The van der Waals surface area contributed by atoms with Gasteiger partial charge in [0.2, 0.25) is 0 Å². The van der Waals surface area contributed by atoms with Crippen molar-refractivity contribution in [2.45, 2.75) is 0 Å². The van der Waals surface area contributed by atoms with Crippen LogP contribution in [-0.2, 0) is 0 Å². The Morgan fingerprint density at radius 1 is 1.06 bits per heavy atom. The van der Waals surface area contributed by atoms with Gasteiger partial charge in [-0.2, -0.15) is 0 Å². The van der Waals surface area contributed by atoms with Crippen LogP contribution in [-0.4, -0.2) is 6.29 Å². The molecule has 0 atom stereocenters. The molecule has 0 bridgehead atoms. The fourth-order valence-electron chi connectivity index (χ4n) is 1.51. The van der Waals surface area contributed by atoms with Crippen LogP contribution in [0.1, 0.15) is 10.4 Å². The first-order chi connectivity index (χ1) is 7.70. The maximum absolute atomic E-state index is 10.7. The second kappa shape index (κ2) is 4.37. The van der Waals surface area contributed by atoms with Gasteiger partial charge in [-0.25, -0.2) is 0 Å². The summed E-state index contributed by atoms with van der Waals surface area (Å²) in [4.78, 5) is 10.7. The zero-order chi connectivity index (χ0) is 11.5. The first-order valence-electron chi connectivity index (χ1n) is 4.81. The molecule has 0 saturated heterocycles. The molecule has 0 saturated carbocycles. The molecule has 0 aliphatic heterocycles. The molecule has 2 aromatic rings. The molecule has 0 heterocycles. The van der Waals surface area contributed by atoms with Crippen molar-refractivity contribution in [2.75, 3.05) is 5.73 Å². The molecule has 0 aliphatic carbocycles. The van der Waals surface area contributed by atoms with Gasteiger partial charge in [0.15, 0.2) is 0 Å². The Morgan fingerprint density at radius 3 is 2.50 bits per heavy atom. The molecule has 0 radical (unpaired) electrons. The van der Waals surface area contributed by atoms with Crippen molar-refractivity contribution >= 4 is 23.6 Å². The molecule has 0 amide bonds. The third-order valence-electron chi connectivity index (χ3n) is 2.35. The Bertz CT molecular complexity index is 537. The molecule has 0 spiro atoms. The first kappa shape index (κ1) is 10.7. The van der Waals surface area contributed by atoms with E-state index in [1.807, 2.05) is 24.3 Å². The summed E-state index contributed by atoms with van der Waals surface area (Å²) in [7, 11) is 0. The number of rotatable bonds is 2. The second-order valence-electron chi connectivity index (χ2n) is 3.48. The van der Waals surface area contributed by atoms with Gasteiger partial charge in [0.25, 0.3) is 0 Å². The van der Waals surface area contributed by atoms with Crippen LogP contribution in [0.25, 0.3) is 11.1 Å². The SMILES string of the molecule is Nc1cc(-c2cccc(C=O)c2)ccc1Cl. The van der Waals surface area contributed by atoms with Gasteiger partial charge in [0.05, 0.1) is 10.7 Å². The zero-order valence-corrected chi connectivity index (χ0v) is 9.24. The minimum absolute atomic E-state index is 0.537. The molecule has 3 heteroatoms. The second-order valence-corrected chi connectivity index (χ2v) is 3.89. The lowest BCUT2D eigenvalue weighted by Crippen LogP contribution is -1.88. The van der Waals surface area contributed by atoms with E-state index in [2.05, 4.69) is 0 Å². The van der Waals surface area contributed by atoms with E-state index in [1.54, 1.807) is 18.2 Å². The minimum atomic E-state index is 0.537. The van der Waals surface area contributed by atoms with E-state index < -0.39 is 0 Å². The van der Waals surface area contributed by atoms with Gasteiger partial charge in [-0.15, -0.1) is 0 Å². The molecule has 80 valence electrons. The van der Waals surface area contributed by atoms with E-state index in [0.29, 0.717) is 16.3 Å². The van der Waals surface area contributed by atoms with Crippen LogP contribution in [0, 0.1) is 0 Å². The van der Waals surface area contributed by atoms with Crippen LogP contribution in [0.4, 0.5) is 5.69 Å². The summed E-state index contributed by atoms with van der Waals surface area (Å²) in [5, 5.41) is 0.537. The minimum Gasteiger partial charge on any atom is -0.398 e. The van der Waals surface area contributed by atoms with Crippen molar-refractivity contribution in [2.24, 2.45) is 0 Å². The third-order valence-corrected chi connectivity index (χ3v) is 2.70. The molecule has 0 aromatic heterocycles. The smallest absolute Gasteiger partial charge is 0.150 e. The number of hydrogen-bond acceptors (Lipinski definition) is 2. The highest BCUT2D eigenvalue weighted by Crippen LogP contribution is 2.26. The molecule has 2 rings (SSSR count). The predicted octanol–water partition coefficient (Wildman–Crippen LogP) is 3.40. The van der Waals surface area contributed by atoms with Crippen LogP contribution >= 0.6 is 11.6 Å². The van der Waals surface area contributed by atoms with Crippen LogP contribution in [0.15, 0.2) is 42.5 Å². The van der Waals surface area contributed by atoms with E-state index in [9.17, 15) is 4.79 Å². The van der Waals surface area contributed by atoms with Crippen molar-refractivity contribution in [1.29, 1.82) is 0 Å². The summed E-state index contributed by atoms with van der Waals surface area (Å²) in [6.45, 7) is 0. The lowest BCUT2D eigenvalue weighted by molar-refractivity contribution is 0.112. The van der Waals surface area contributed by atoms with Gasteiger partial charge in [-0.1, -0.05) is 35.9 Å². The topological polar surface area (TPSA) is 43.1 Å². The Balaban J connectivity index is 2.49. The summed E-state index contributed by atoms with van der Waals surface area (Å²) in [6, 6.07) is 12.8. The quantitative estimate of drug-likeness (QED) is 0.636. The molecular formula is C13H10ClNO. The lowest BCUT2D eigenvalue weighted by Gasteiger charge is -2.04. The number of hydrogen-bond donors (Lipinski definition) is 1. The monoisotopic (exact) mass is 231 g/mol. The van der Waals surface area contributed by atoms with Gasteiger partial charge in [0.1, 0.15) is 6.29 Å². The maximum Gasteiger partial charge on any atom is 0.150 e. The van der Waals surface area contributed by atoms with E-state index in [1.165, 1.54) is 0 Å². The summed E-state index contributed by atoms with van der Waals surface area (Å²) in [5.41, 5.74) is 8.81. The average Bonchev–Trinajstić information content (AvgIpc) is 2.33. The highest BCUT2D eigenvalue weighted by molar-refractivity contribution is 6.33. The van der Waals surface area contributed by atoms with Crippen LogP contribution < -0.4 is 5.73 Å². The summed E-state index contributed by atoms with van der Waals surface area (Å²) in [5.74, 6) is 0. The Labute approximate surface area is 98.7 Å². The molecule has 2 N–H and O–H groups in total. The number of anilines is 1. The number of carbonyl (C=O) groups excluding carboxylic acids is 1. The van der Waals surface area contributed by atoms with Crippen LogP contribution in [0.2, 0.25) is 5.02 Å². The number of halogens is 1. The van der Waals surface area contributed by atoms with Gasteiger partial charge in [-0.3, -0.25) is 4.79 Å². The van der Waals surface area contributed by atoms with Crippen LogP contribution in [0.3, 0.4) is 0 Å². The highest BCUT2D eigenvalue weighted by atomic mass is 35.5. The molecule has 2 aromatic carbocycles. The molecular weight excluding hydrogens is 222 g/mol. The number of carbonyl (C=O) groups is 1. The molecule has 2 nitrogen and oxygen atoms in total. The third kappa shape index (κ3) is 2.07. The van der Waals surface area contributed by atoms with Crippen molar-refractivity contribution < 1.29 is 4.79 Å². The first-order valence-corrected chi connectivity index (χ1v) is 5.19. The number of benzene rings is 2. The molecule has 16 heavy (non-hydrogen) atoms. The van der Waals surface area contributed by atoms with E-state index in [4.69, 9.17) is 17.3 Å². The molecule has 0 fully saturated rings. The summed E-state index contributed by atoms with van der Waals surface area (Å²) >= 11 is 5.85. The number of nitrogens with two attached hydrogens (primary N) is 1. The van der Waals surface area contributed by atoms with E-state index >= 15 is 0 Å². The van der Waals surface area contributed by atoms with Crippen LogP contribution in [0.5, 0.6) is 0 Å². The Kier molecular flexibility index (Phi) is 2.93. The van der Waals surface area contributed by atoms with E-state index in [-0.39, 0.29) is 0 Å². The highest BCUT2D eigenvalue weighted by Gasteiger charge is 2.01. The van der Waals surface area contributed by atoms with Crippen molar-refractivity contribution in [1.82, 2.24) is 0 Å². The van der Waals surface area contributed by atoms with Gasteiger partial charge >= 0.3 is 0 Å². The standard InChI is InChI=1S/C13H10ClNO/c14-12-5-4-11(7-13(12)15)10-3-1-2-9(6-10)8-16/h1-8H,15H2. The largest absolute Gasteiger partial charge is 0.398 e. The van der Waals surface area contributed by atoms with Gasteiger partial charge in [0, 0.05) is 5.56 Å². The lowest BCUT2D eigenvalue weighted by atomic mass is 10.0. The van der Waals surface area contributed by atoms with Crippen molar-refractivity contribution in [3.8, 4) is 11.1 Å². The Hall–Kier alpha value is -1.80.